The molecule has 0 amide bonds. The molecule has 2 rings (SSSR count). The molecule has 1 aliphatic carbocycles. The van der Waals surface area contributed by atoms with Gasteiger partial charge in [0.15, 0.2) is 0 Å². The Labute approximate surface area is 115 Å². The molecular weight excluding hydrogens is 238 g/mol. The van der Waals surface area contributed by atoms with E-state index in [2.05, 4.69) is 11.4 Å². The van der Waals surface area contributed by atoms with Gasteiger partial charge in [0.2, 0.25) is 0 Å². The average molecular weight is 261 g/mol. The van der Waals surface area contributed by atoms with Gasteiger partial charge in [0.05, 0.1) is 5.41 Å². The summed E-state index contributed by atoms with van der Waals surface area (Å²) in [5, 5.41) is 13.0. The van der Waals surface area contributed by atoms with Crippen LogP contribution in [-0.4, -0.2) is 24.2 Å². The molecular formula is C16H23NO2. The lowest BCUT2D eigenvalue weighted by atomic mass is 9.67. The van der Waals surface area contributed by atoms with Crippen LogP contribution < -0.4 is 5.32 Å². The minimum atomic E-state index is -0.689. The predicted octanol–water partition coefficient (Wildman–Crippen LogP) is 2.79. The zero-order chi connectivity index (χ0) is 14.0. The molecule has 0 radical (unpaired) electrons. The second-order valence-corrected chi connectivity index (χ2v) is 5.77. The molecule has 0 aromatic heterocycles. The van der Waals surface area contributed by atoms with Crippen molar-refractivity contribution < 1.29 is 9.90 Å². The monoisotopic (exact) mass is 261 g/mol. The fourth-order valence-corrected chi connectivity index (χ4v) is 3.35. The highest BCUT2D eigenvalue weighted by Gasteiger charge is 2.43. The Bertz CT molecular complexity index is 474. The van der Waals surface area contributed by atoms with Crippen molar-refractivity contribution in [3.05, 3.63) is 34.9 Å². The number of benzene rings is 1. The quantitative estimate of drug-likeness (QED) is 0.879. The van der Waals surface area contributed by atoms with Crippen LogP contribution in [0, 0.1) is 13.8 Å². The van der Waals surface area contributed by atoms with Gasteiger partial charge in [0.25, 0.3) is 0 Å². The summed E-state index contributed by atoms with van der Waals surface area (Å²) in [6.07, 6.45) is 3.29. The molecule has 3 nitrogen and oxygen atoms in total. The van der Waals surface area contributed by atoms with Gasteiger partial charge < -0.3 is 10.4 Å². The van der Waals surface area contributed by atoms with Gasteiger partial charge in [-0.1, -0.05) is 23.8 Å². The van der Waals surface area contributed by atoms with E-state index >= 15 is 0 Å². The standard InChI is InChI=1S/C16H23NO2/c1-11-4-5-14(12(2)10-11)16(15(18)19)8-6-13(17-3)7-9-16/h4-5,10,13,17H,6-9H2,1-3H3,(H,18,19). The third-order valence-electron chi connectivity index (χ3n) is 4.55. The van der Waals surface area contributed by atoms with Crippen molar-refractivity contribution >= 4 is 5.97 Å². The summed E-state index contributed by atoms with van der Waals surface area (Å²) in [6.45, 7) is 4.07. The topological polar surface area (TPSA) is 49.3 Å². The Kier molecular flexibility index (Phi) is 3.95. The van der Waals surface area contributed by atoms with E-state index < -0.39 is 11.4 Å². The van der Waals surface area contributed by atoms with Crippen molar-refractivity contribution in [1.29, 1.82) is 0 Å². The van der Waals surface area contributed by atoms with Crippen LogP contribution >= 0.6 is 0 Å². The summed E-state index contributed by atoms with van der Waals surface area (Å²) in [6, 6.07) is 6.58. The molecule has 3 heteroatoms. The molecule has 0 atom stereocenters. The first-order chi connectivity index (χ1) is 8.99. The van der Waals surface area contributed by atoms with Gasteiger partial charge in [0, 0.05) is 6.04 Å². The summed E-state index contributed by atoms with van der Waals surface area (Å²) in [4.78, 5) is 11.9. The molecule has 1 saturated carbocycles. The number of carboxylic acids is 1. The Morgan fingerprint density at radius 1 is 1.32 bits per heavy atom. The molecule has 0 aliphatic heterocycles. The maximum Gasteiger partial charge on any atom is 0.314 e. The molecule has 0 unspecified atom stereocenters. The van der Waals surface area contributed by atoms with Crippen LogP contribution in [0.25, 0.3) is 0 Å². The van der Waals surface area contributed by atoms with Crippen molar-refractivity contribution in [2.75, 3.05) is 7.05 Å². The number of aryl methyl sites for hydroxylation is 2. The van der Waals surface area contributed by atoms with Gasteiger partial charge in [-0.05, 0) is 57.7 Å². The van der Waals surface area contributed by atoms with E-state index in [1.807, 2.05) is 33.0 Å². The average Bonchev–Trinajstić information content (AvgIpc) is 2.38. The maximum atomic E-state index is 11.9. The van der Waals surface area contributed by atoms with E-state index in [4.69, 9.17) is 0 Å². The van der Waals surface area contributed by atoms with Crippen molar-refractivity contribution in [1.82, 2.24) is 5.32 Å². The number of carbonyl (C=O) groups is 1. The van der Waals surface area contributed by atoms with Gasteiger partial charge in [-0.3, -0.25) is 4.79 Å². The molecule has 0 spiro atoms. The number of nitrogens with one attached hydrogen (secondary N) is 1. The van der Waals surface area contributed by atoms with Crippen LogP contribution in [0.1, 0.15) is 42.4 Å². The lowest BCUT2D eigenvalue weighted by molar-refractivity contribution is -0.145. The van der Waals surface area contributed by atoms with Crippen LogP contribution in [0.15, 0.2) is 18.2 Å². The maximum absolute atomic E-state index is 11.9. The van der Waals surface area contributed by atoms with Gasteiger partial charge in [0.1, 0.15) is 0 Å². The first-order valence-electron chi connectivity index (χ1n) is 6.98. The zero-order valence-electron chi connectivity index (χ0n) is 12.0. The third kappa shape index (κ3) is 2.52. The molecule has 1 aromatic rings. The van der Waals surface area contributed by atoms with E-state index in [0.717, 1.165) is 36.8 Å². The van der Waals surface area contributed by atoms with Crippen LogP contribution in [0.5, 0.6) is 0 Å². The van der Waals surface area contributed by atoms with Crippen molar-refractivity contribution in [2.45, 2.75) is 51.0 Å². The molecule has 1 fully saturated rings. The van der Waals surface area contributed by atoms with E-state index in [-0.39, 0.29) is 0 Å². The summed E-state index contributed by atoms with van der Waals surface area (Å²) in [7, 11) is 1.95. The summed E-state index contributed by atoms with van der Waals surface area (Å²) < 4.78 is 0. The van der Waals surface area contributed by atoms with Crippen LogP contribution in [0.3, 0.4) is 0 Å². The van der Waals surface area contributed by atoms with Gasteiger partial charge in [-0.2, -0.15) is 0 Å². The minimum absolute atomic E-state index is 0.457. The Morgan fingerprint density at radius 2 is 1.95 bits per heavy atom. The number of aliphatic carboxylic acids is 1. The van der Waals surface area contributed by atoms with Gasteiger partial charge in [-0.15, -0.1) is 0 Å². The van der Waals surface area contributed by atoms with E-state index in [9.17, 15) is 9.90 Å². The summed E-state index contributed by atoms with van der Waals surface area (Å²) in [5.74, 6) is -0.672. The molecule has 0 saturated heterocycles. The van der Waals surface area contributed by atoms with Crippen LogP contribution in [0.2, 0.25) is 0 Å². The lowest BCUT2D eigenvalue weighted by Crippen LogP contribution is -2.44. The highest BCUT2D eigenvalue weighted by atomic mass is 16.4. The third-order valence-corrected chi connectivity index (χ3v) is 4.55. The Morgan fingerprint density at radius 3 is 2.42 bits per heavy atom. The molecule has 104 valence electrons. The number of hydrogen-bond acceptors (Lipinski definition) is 2. The van der Waals surface area contributed by atoms with Crippen molar-refractivity contribution in [3.63, 3.8) is 0 Å². The molecule has 0 bridgehead atoms. The van der Waals surface area contributed by atoms with Crippen LogP contribution in [0.4, 0.5) is 0 Å². The van der Waals surface area contributed by atoms with Crippen molar-refractivity contribution in [2.24, 2.45) is 0 Å². The highest BCUT2D eigenvalue weighted by molar-refractivity contribution is 5.82. The van der Waals surface area contributed by atoms with Crippen LogP contribution in [-0.2, 0) is 10.2 Å². The van der Waals surface area contributed by atoms with E-state index in [0.29, 0.717) is 6.04 Å². The zero-order valence-corrected chi connectivity index (χ0v) is 12.0. The van der Waals surface area contributed by atoms with E-state index in [1.165, 1.54) is 5.56 Å². The lowest BCUT2D eigenvalue weighted by Gasteiger charge is -2.38. The number of rotatable bonds is 3. The molecule has 19 heavy (non-hydrogen) atoms. The largest absolute Gasteiger partial charge is 0.481 e. The van der Waals surface area contributed by atoms with Gasteiger partial charge >= 0.3 is 5.97 Å². The summed E-state index contributed by atoms with van der Waals surface area (Å²) >= 11 is 0. The van der Waals surface area contributed by atoms with Crippen molar-refractivity contribution in [3.8, 4) is 0 Å². The normalized spacial score (nSPS) is 27.2. The van der Waals surface area contributed by atoms with E-state index in [1.54, 1.807) is 0 Å². The second-order valence-electron chi connectivity index (χ2n) is 5.77. The number of hydrogen-bond donors (Lipinski definition) is 2. The molecule has 1 aliphatic rings. The Balaban J connectivity index is 2.38. The molecule has 1 aromatic carbocycles. The highest BCUT2D eigenvalue weighted by Crippen LogP contribution is 2.41. The second kappa shape index (κ2) is 5.33. The smallest absolute Gasteiger partial charge is 0.314 e. The molecule has 0 heterocycles. The Hall–Kier alpha value is -1.35. The number of carboxylic acid groups (broad SMARTS) is 1. The SMILES string of the molecule is CNC1CCC(C(=O)O)(c2ccc(C)cc2C)CC1. The predicted molar refractivity (Wildman–Crippen MR) is 76.5 cm³/mol. The van der Waals surface area contributed by atoms with Gasteiger partial charge in [-0.25, -0.2) is 0 Å². The first-order valence-corrected chi connectivity index (χ1v) is 6.98. The minimum Gasteiger partial charge on any atom is -0.481 e. The first kappa shape index (κ1) is 14.1. The molecule has 2 N–H and O–H groups in total. The fourth-order valence-electron chi connectivity index (χ4n) is 3.35. The fraction of sp³-hybridized carbons (Fsp3) is 0.562. The summed E-state index contributed by atoms with van der Waals surface area (Å²) in [5.41, 5.74) is 2.60.